The minimum Gasteiger partial charge on any atom is -0.393 e. The molecule has 16 heavy (non-hydrogen) atoms. The molecule has 0 spiro atoms. The summed E-state index contributed by atoms with van der Waals surface area (Å²) < 4.78 is 0. The minimum atomic E-state index is -0.250. The van der Waals surface area contributed by atoms with E-state index in [-0.39, 0.29) is 11.5 Å². The topological polar surface area (TPSA) is 20.2 Å². The van der Waals surface area contributed by atoms with Gasteiger partial charge in [0.25, 0.3) is 0 Å². The molecule has 0 amide bonds. The smallest absolute Gasteiger partial charge is 0.0520 e. The van der Waals surface area contributed by atoms with E-state index in [0.29, 0.717) is 5.92 Å². The average Bonchev–Trinajstić information content (AvgIpc) is 2.16. The van der Waals surface area contributed by atoms with E-state index in [4.69, 9.17) is 0 Å². The molecule has 0 aromatic heterocycles. The molecule has 0 aliphatic rings. The molecule has 1 aromatic rings. The summed E-state index contributed by atoms with van der Waals surface area (Å²) >= 11 is 0. The first-order valence-corrected chi connectivity index (χ1v) is 6.11. The second-order valence-corrected chi connectivity index (χ2v) is 5.71. The van der Waals surface area contributed by atoms with Gasteiger partial charge in [0.15, 0.2) is 0 Å². The predicted molar refractivity (Wildman–Crippen MR) is 69.9 cm³/mol. The fourth-order valence-corrected chi connectivity index (χ4v) is 2.18. The fraction of sp³-hybridized carbons (Fsp3) is 0.600. The lowest BCUT2D eigenvalue weighted by Crippen LogP contribution is -2.22. The van der Waals surface area contributed by atoms with Gasteiger partial charge in [0.1, 0.15) is 0 Å². The lowest BCUT2D eigenvalue weighted by molar-refractivity contribution is 0.157. The van der Waals surface area contributed by atoms with Crippen molar-refractivity contribution < 1.29 is 5.11 Å². The minimum absolute atomic E-state index is 0.0453. The Hall–Kier alpha value is -0.820. The van der Waals surface area contributed by atoms with Crippen molar-refractivity contribution in [2.45, 2.75) is 58.5 Å². The SMILES string of the molecule is CC(C)c1ccc(C(C)(C)C[C@H](C)O)cc1. The Bertz CT molecular complexity index is 320. The number of aliphatic hydroxyl groups is 1. The molecule has 0 saturated carbocycles. The maximum Gasteiger partial charge on any atom is 0.0520 e. The van der Waals surface area contributed by atoms with Gasteiger partial charge in [-0.1, -0.05) is 52.0 Å². The van der Waals surface area contributed by atoms with Crippen molar-refractivity contribution in [1.29, 1.82) is 0 Å². The van der Waals surface area contributed by atoms with Gasteiger partial charge in [-0.3, -0.25) is 0 Å². The van der Waals surface area contributed by atoms with E-state index >= 15 is 0 Å². The van der Waals surface area contributed by atoms with Crippen LogP contribution in [0.3, 0.4) is 0 Å². The van der Waals surface area contributed by atoms with Crippen molar-refractivity contribution >= 4 is 0 Å². The van der Waals surface area contributed by atoms with Gasteiger partial charge in [-0.2, -0.15) is 0 Å². The van der Waals surface area contributed by atoms with Gasteiger partial charge in [-0.15, -0.1) is 0 Å². The first-order valence-electron chi connectivity index (χ1n) is 6.11. The van der Waals surface area contributed by atoms with Crippen molar-refractivity contribution in [3.05, 3.63) is 35.4 Å². The molecule has 1 atom stereocenters. The average molecular weight is 220 g/mol. The van der Waals surface area contributed by atoms with E-state index in [1.165, 1.54) is 11.1 Å². The molecule has 1 N–H and O–H groups in total. The Kier molecular flexibility index (Phi) is 4.15. The van der Waals surface area contributed by atoms with E-state index in [1.54, 1.807) is 0 Å². The van der Waals surface area contributed by atoms with Gasteiger partial charge in [-0.05, 0) is 35.8 Å². The van der Waals surface area contributed by atoms with Crippen LogP contribution >= 0.6 is 0 Å². The lowest BCUT2D eigenvalue weighted by atomic mass is 9.79. The van der Waals surface area contributed by atoms with Crippen LogP contribution in [0.5, 0.6) is 0 Å². The summed E-state index contributed by atoms with van der Waals surface area (Å²) in [7, 11) is 0. The van der Waals surface area contributed by atoms with Crippen LogP contribution in [-0.2, 0) is 5.41 Å². The van der Waals surface area contributed by atoms with Crippen LogP contribution in [-0.4, -0.2) is 11.2 Å². The summed E-state index contributed by atoms with van der Waals surface area (Å²) in [5.41, 5.74) is 2.72. The van der Waals surface area contributed by atoms with Crippen molar-refractivity contribution in [1.82, 2.24) is 0 Å². The molecule has 0 bridgehead atoms. The Labute approximate surface area is 99.5 Å². The van der Waals surface area contributed by atoms with Crippen LogP contribution in [0.15, 0.2) is 24.3 Å². The molecule has 0 saturated heterocycles. The van der Waals surface area contributed by atoms with Crippen LogP contribution in [0.2, 0.25) is 0 Å². The third-order valence-corrected chi connectivity index (χ3v) is 3.16. The first kappa shape index (κ1) is 13.2. The highest BCUT2D eigenvalue weighted by atomic mass is 16.3. The first-order chi connectivity index (χ1) is 7.33. The number of aliphatic hydroxyl groups excluding tert-OH is 1. The third kappa shape index (κ3) is 3.34. The number of rotatable bonds is 4. The molecule has 1 aromatic carbocycles. The van der Waals surface area contributed by atoms with Gasteiger partial charge >= 0.3 is 0 Å². The molecule has 0 radical (unpaired) electrons. The van der Waals surface area contributed by atoms with E-state index in [9.17, 15) is 5.11 Å². The molecule has 0 aliphatic carbocycles. The van der Waals surface area contributed by atoms with Crippen molar-refractivity contribution in [3.63, 3.8) is 0 Å². The quantitative estimate of drug-likeness (QED) is 0.817. The second kappa shape index (κ2) is 5.01. The molecule has 0 aliphatic heterocycles. The van der Waals surface area contributed by atoms with Crippen LogP contribution in [0, 0.1) is 0 Å². The summed E-state index contributed by atoms with van der Waals surface area (Å²) in [6.07, 6.45) is 0.549. The van der Waals surface area contributed by atoms with Crippen molar-refractivity contribution in [2.75, 3.05) is 0 Å². The Morgan fingerprint density at radius 2 is 1.56 bits per heavy atom. The predicted octanol–water partition coefficient (Wildman–Crippen LogP) is 3.86. The Balaban J connectivity index is 2.88. The largest absolute Gasteiger partial charge is 0.393 e. The molecule has 0 unspecified atom stereocenters. The molecule has 1 rings (SSSR count). The highest BCUT2D eigenvalue weighted by molar-refractivity contribution is 5.29. The second-order valence-electron chi connectivity index (χ2n) is 5.71. The van der Waals surface area contributed by atoms with Crippen LogP contribution in [0.1, 0.15) is 58.1 Å². The summed E-state index contributed by atoms with van der Waals surface area (Å²) in [6, 6.07) is 8.78. The zero-order valence-electron chi connectivity index (χ0n) is 11.1. The summed E-state index contributed by atoms with van der Waals surface area (Å²) in [5.74, 6) is 0.578. The molecular weight excluding hydrogens is 196 g/mol. The van der Waals surface area contributed by atoms with E-state index in [1.807, 2.05) is 6.92 Å². The van der Waals surface area contributed by atoms with Gasteiger partial charge in [0.05, 0.1) is 6.10 Å². The van der Waals surface area contributed by atoms with Gasteiger partial charge in [-0.25, -0.2) is 0 Å². The standard InChI is InChI=1S/C15H24O/c1-11(2)13-6-8-14(9-7-13)15(4,5)10-12(3)16/h6-9,11-12,16H,10H2,1-5H3/t12-/m0/s1. The fourth-order valence-electron chi connectivity index (χ4n) is 2.18. The van der Waals surface area contributed by atoms with Crippen molar-refractivity contribution in [2.24, 2.45) is 0 Å². The third-order valence-electron chi connectivity index (χ3n) is 3.16. The molecule has 1 nitrogen and oxygen atoms in total. The Morgan fingerprint density at radius 1 is 1.06 bits per heavy atom. The summed E-state index contributed by atoms with van der Waals surface area (Å²) in [6.45, 7) is 10.6. The van der Waals surface area contributed by atoms with E-state index < -0.39 is 0 Å². The molecular formula is C15H24O. The van der Waals surface area contributed by atoms with Gasteiger partial charge < -0.3 is 5.11 Å². The maximum atomic E-state index is 9.49. The molecule has 0 heterocycles. The van der Waals surface area contributed by atoms with Crippen LogP contribution < -0.4 is 0 Å². The maximum absolute atomic E-state index is 9.49. The zero-order valence-corrected chi connectivity index (χ0v) is 11.1. The molecule has 90 valence electrons. The highest BCUT2D eigenvalue weighted by Gasteiger charge is 2.22. The summed E-state index contributed by atoms with van der Waals surface area (Å²) in [4.78, 5) is 0. The van der Waals surface area contributed by atoms with Crippen LogP contribution in [0.25, 0.3) is 0 Å². The van der Waals surface area contributed by atoms with Crippen molar-refractivity contribution in [3.8, 4) is 0 Å². The Morgan fingerprint density at radius 3 is 1.94 bits per heavy atom. The van der Waals surface area contributed by atoms with Gasteiger partial charge in [0.2, 0.25) is 0 Å². The molecule has 0 fully saturated rings. The summed E-state index contributed by atoms with van der Waals surface area (Å²) in [5, 5.41) is 9.49. The van der Waals surface area contributed by atoms with Gasteiger partial charge in [0, 0.05) is 0 Å². The normalized spacial score (nSPS) is 14.2. The molecule has 1 heteroatoms. The monoisotopic (exact) mass is 220 g/mol. The zero-order chi connectivity index (χ0) is 12.3. The number of benzene rings is 1. The van der Waals surface area contributed by atoms with E-state index in [0.717, 1.165) is 6.42 Å². The van der Waals surface area contributed by atoms with Crippen LogP contribution in [0.4, 0.5) is 0 Å². The highest BCUT2D eigenvalue weighted by Crippen LogP contribution is 2.29. The van der Waals surface area contributed by atoms with E-state index in [2.05, 4.69) is 52.0 Å². The number of hydrogen-bond donors (Lipinski definition) is 1. The lowest BCUT2D eigenvalue weighted by Gasteiger charge is -2.27. The number of hydrogen-bond acceptors (Lipinski definition) is 1.